The van der Waals surface area contributed by atoms with Gasteiger partial charge in [0.2, 0.25) is 5.91 Å². The Labute approximate surface area is 106 Å². The second kappa shape index (κ2) is 8.22. The number of amides is 1. The Balaban J connectivity index is 2.05. The number of unbranched alkanes of at least 4 members (excludes halogenated alkanes) is 2. The highest BCUT2D eigenvalue weighted by Gasteiger charge is 2.03. The lowest BCUT2D eigenvalue weighted by Gasteiger charge is -2.04. The Morgan fingerprint density at radius 3 is 2.72 bits per heavy atom. The summed E-state index contributed by atoms with van der Waals surface area (Å²) in [6.45, 7) is 0.589. The van der Waals surface area contributed by atoms with Gasteiger partial charge in [-0.25, -0.2) is 0 Å². The van der Waals surface area contributed by atoms with Gasteiger partial charge >= 0.3 is 5.97 Å². The molecule has 0 aliphatic carbocycles. The molecule has 1 heterocycles. The fourth-order valence-corrected chi connectivity index (χ4v) is 1.54. The van der Waals surface area contributed by atoms with Crippen molar-refractivity contribution in [3.05, 3.63) is 30.1 Å². The Morgan fingerprint density at radius 1 is 1.22 bits per heavy atom. The highest BCUT2D eigenvalue weighted by atomic mass is 16.4. The van der Waals surface area contributed by atoms with Gasteiger partial charge < -0.3 is 10.4 Å². The molecule has 0 saturated heterocycles. The van der Waals surface area contributed by atoms with Crippen molar-refractivity contribution in [1.82, 2.24) is 10.3 Å². The summed E-state index contributed by atoms with van der Waals surface area (Å²) < 4.78 is 0. The minimum atomic E-state index is -0.769. The third kappa shape index (κ3) is 6.62. The van der Waals surface area contributed by atoms with Crippen molar-refractivity contribution in [1.29, 1.82) is 0 Å². The molecule has 98 valence electrons. The SMILES string of the molecule is O=C(O)CCCCCNC(=O)Cc1ccccn1. The van der Waals surface area contributed by atoms with Gasteiger partial charge in [-0.15, -0.1) is 0 Å². The number of hydrogen-bond acceptors (Lipinski definition) is 3. The number of aromatic nitrogens is 1. The van der Waals surface area contributed by atoms with Crippen molar-refractivity contribution in [2.75, 3.05) is 6.54 Å². The number of aliphatic carboxylic acids is 1. The van der Waals surface area contributed by atoms with Crippen LogP contribution in [0.2, 0.25) is 0 Å². The number of carboxylic acid groups (broad SMARTS) is 1. The number of rotatable bonds is 8. The van der Waals surface area contributed by atoms with Crippen molar-refractivity contribution in [2.24, 2.45) is 0 Å². The molecule has 0 fully saturated rings. The summed E-state index contributed by atoms with van der Waals surface area (Å²) >= 11 is 0. The van der Waals surface area contributed by atoms with E-state index in [9.17, 15) is 9.59 Å². The molecular weight excluding hydrogens is 232 g/mol. The molecule has 0 aliphatic rings. The molecule has 5 nitrogen and oxygen atoms in total. The maximum atomic E-state index is 11.5. The first-order chi connectivity index (χ1) is 8.68. The Morgan fingerprint density at radius 2 is 2.06 bits per heavy atom. The molecule has 2 N–H and O–H groups in total. The van der Waals surface area contributed by atoms with Crippen LogP contribution in [0.1, 0.15) is 31.4 Å². The maximum Gasteiger partial charge on any atom is 0.303 e. The van der Waals surface area contributed by atoms with Crippen molar-refractivity contribution >= 4 is 11.9 Å². The van der Waals surface area contributed by atoms with Crippen LogP contribution >= 0.6 is 0 Å². The van der Waals surface area contributed by atoms with Gasteiger partial charge in [-0.1, -0.05) is 12.5 Å². The average molecular weight is 250 g/mol. The number of nitrogens with zero attached hydrogens (tertiary/aromatic N) is 1. The molecule has 1 rings (SSSR count). The third-order valence-electron chi connectivity index (χ3n) is 2.46. The van der Waals surface area contributed by atoms with E-state index in [0.29, 0.717) is 13.0 Å². The fraction of sp³-hybridized carbons (Fsp3) is 0.462. The molecule has 0 aliphatic heterocycles. The summed E-state index contributed by atoms with van der Waals surface area (Å²) in [4.78, 5) is 25.8. The topological polar surface area (TPSA) is 79.3 Å². The first kappa shape index (κ1) is 14.2. The first-order valence-electron chi connectivity index (χ1n) is 6.07. The molecule has 0 spiro atoms. The van der Waals surface area contributed by atoms with E-state index in [0.717, 1.165) is 18.5 Å². The van der Waals surface area contributed by atoms with E-state index >= 15 is 0 Å². The second-order valence-corrected chi connectivity index (χ2v) is 4.05. The van der Waals surface area contributed by atoms with E-state index in [2.05, 4.69) is 10.3 Å². The number of nitrogens with one attached hydrogen (secondary N) is 1. The standard InChI is InChI=1S/C13H18N2O3/c16-12(10-11-6-3-5-8-14-11)15-9-4-1-2-7-13(17)18/h3,5-6,8H,1-2,4,7,9-10H2,(H,15,16)(H,17,18). The van der Waals surface area contributed by atoms with Gasteiger partial charge in [-0.2, -0.15) is 0 Å². The normalized spacial score (nSPS) is 10.0. The molecule has 1 amide bonds. The molecule has 0 atom stereocenters. The Hall–Kier alpha value is -1.91. The van der Waals surface area contributed by atoms with Gasteiger partial charge in [0.1, 0.15) is 0 Å². The molecular formula is C13H18N2O3. The van der Waals surface area contributed by atoms with E-state index in [4.69, 9.17) is 5.11 Å². The summed E-state index contributed by atoms with van der Waals surface area (Å²) in [7, 11) is 0. The van der Waals surface area contributed by atoms with Crippen molar-refractivity contribution in [3.8, 4) is 0 Å². The van der Waals surface area contributed by atoms with Crippen LogP contribution in [0.5, 0.6) is 0 Å². The molecule has 0 unspecified atom stereocenters. The fourth-order valence-electron chi connectivity index (χ4n) is 1.54. The number of hydrogen-bond donors (Lipinski definition) is 2. The lowest BCUT2D eigenvalue weighted by molar-refractivity contribution is -0.137. The monoisotopic (exact) mass is 250 g/mol. The zero-order valence-electron chi connectivity index (χ0n) is 10.3. The summed E-state index contributed by atoms with van der Waals surface area (Å²) in [5, 5.41) is 11.2. The van der Waals surface area contributed by atoms with Crippen LogP contribution in [0.3, 0.4) is 0 Å². The van der Waals surface area contributed by atoms with Crippen molar-refractivity contribution in [2.45, 2.75) is 32.1 Å². The molecule has 0 saturated carbocycles. The maximum absolute atomic E-state index is 11.5. The van der Waals surface area contributed by atoms with Gasteiger partial charge in [-0.3, -0.25) is 14.6 Å². The van der Waals surface area contributed by atoms with E-state index < -0.39 is 5.97 Å². The van der Waals surface area contributed by atoms with E-state index in [1.807, 2.05) is 18.2 Å². The van der Waals surface area contributed by atoms with Crippen molar-refractivity contribution in [3.63, 3.8) is 0 Å². The zero-order chi connectivity index (χ0) is 13.2. The molecule has 0 bridgehead atoms. The predicted molar refractivity (Wildman–Crippen MR) is 67.1 cm³/mol. The molecule has 1 aromatic rings. The summed E-state index contributed by atoms with van der Waals surface area (Å²) in [6.07, 6.45) is 4.43. The third-order valence-corrected chi connectivity index (χ3v) is 2.46. The minimum Gasteiger partial charge on any atom is -0.481 e. The number of carboxylic acids is 1. The molecule has 1 aromatic heterocycles. The van der Waals surface area contributed by atoms with E-state index in [-0.39, 0.29) is 18.7 Å². The smallest absolute Gasteiger partial charge is 0.303 e. The van der Waals surface area contributed by atoms with E-state index in [1.165, 1.54) is 0 Å². The zero-order valence-corrected chi connectivity index (χ0v) is 10.3. The largest absolute Gasteiger partial charge is 0.481 e. The highest BCUT2D eigenvalue weighted by molar-refractivity contribution is 5.77. The quantitative estimate of drug-likeness (QED) is 0.683. The van der Waals surface area contributed by atoms with Gasteiger partial charge in [0, 0.05) is 24.9 Å². The lowest BCUT2D eigenvalue weighted by Crippen LogP contribution is -2.26. The van der Waals surface area contributed by atoms with Crippen LogP contribution in [-0.2, 0) is 16.0 Å². The van der Waals surface area contributed by atoms with Gasteiger partial charge in [0.25, 0.3) is 0 Å². The summed E-state index contributed by atoms with van der Waals surface area (Å²) in [5.41, 5.74) is 0.751. The summed E-state index contributed by atoms with van der Waals surface area (Å²) in [5.74, 6) is -0.818. The Kier molecular flexibility index (Phi) is 6.46. The minimum absolute atomic E-state index is 0.0491. The van der Waals surface area contributed by atoms with E-state index in [1.54, 1.807) is 6.20 Å². The predicted octanol–water partition coefficient (Wildman–Crippen LogP) is 1.39. The first-order valence-corrected chi connectivity index (χ1v) is 6.07. The molecule has 0 radical (unpaired) electrons. The summed E-state index contributed by atoms with van der Waals surface area (Å²) in [6, 6.07) is 5.47. The second-order valence-electron chi connectivity index (χ2n) is 4.05. The van der Waals surface area contributed by atoms with Crippen LogP contribution in [-0.4, -0.2) is 28.5 Å². The van der Waals surface area contributed by atoms with Crippen LogP contribution < -0.4 is 5.32 Å². The lowest BCUT2D eigenvalue weighted by atomic mass is 10.2. The average Bonchev–Trinajstić information content (AvgIpc) is 2.34. The Bertz CT molecular complexity index is 379. The van der Waals surface area contributed by atoms with Gasteiger partial charge in [0.05, 0.1) is 6.42 Å². The van der Waals surface area contributed by atoms with Gasteiger partial charge in [0.15, 0.2) is 0 Å². The molecule has 0 aromatic carbocycles. The van der Waals surface area contributed by atoms with Crippen LogP contribution in [0.25, 0.3) is 0 Å². The van der Waals surface area contributed by atoms with Gasteiger partial charge in [-0.05, 0) is 25.0 Å². The highest BCUT2D eigenvalue weighted by Crippen LogP contribution is 1.99. The number of carbonyl (C=O) groups excluding carboxylic acids is 1. The van der Waals surface area contributed by atoms with Crippen LogP contribution in [0.4, 0.5) is 0 Å². The number of pyridine rings is 1. The molecule has 5 heteroatoms. The van der Waals surface area contributed by atoms with Crippen LogP contribution in [0, 0.1) is 0 Å². The van der Waals surface area contributed by atoms with Crippen LogP contribution in [0.15, 0.2) is 24.4 Å². The number of carbonyl (C=O) groups is 2. The van der Waals surface area contributed by atoms with Crippen molar-refractivity contribution < 1.29 is 14.7 Å². The molecule has 18 heavy (non-hydrogen) atoms.